The highest BCUT2D eigenvalue weighted by molar-refractivity contribution is 5.30. The highest BCUT2D eigenvalue weighted by Gasteiger charge is 2.06. The molecule has 0 saturated heterocycles. The molecule has 84 valence electrons. The Morgan fingerprint density at radius 2 is 2.00 bits per heavy atom. The van der Waals surface area contributed by atoms with E-state index in [9.17, 15) is 0 Å². The van der Waals surface area contributed by atoms with Gasteiger partial charge in [0.25, 0.3) is 0 Å². The van der Waals surface area contributed by atoms with Gasteiger partial charge < -0.3 is 4.74 Å². The summed E-state index contributed by atoms with van der Waals surface area (Å²) in [5.41, 5.74) is 1.46. The summed E-state index contributed by atoms with van der Waals surface area (Å²) in [4.78, 5) is 3.90. The van der Waals surface area contributed by atoms with Crippen LogP contribution in [-0.4, -0.2) is 4.98 Å². The first-order valence-electron chi connectivity index (χ1n) is 5.37. The number of aromatic nitrogens is 1. The molecule has 3 nitrogen and oxygen atoms in total. The molecular formula is C14H12N2O. The van der Waals surface area contributed by atoms with Crippen LogP contribution in [0.3, 0.4) is 0 Å². The first-order valence-corrected chi connectivity index (χ1v) is 5.37. The molecule has 1 unspecified atom stereocenters. The third-order valence-electron chi connectivity index (χ3n) is 2.43. The lowest BCUT2D eigenvalue weighted by molar-refractivity contribution is 0.226. The van der Waals surface area contributed by atoms with Crippen molar-refractivity contribution in [2.75, 3.05) is 0 Å². The molecule has 1 aromatic heterocycles. The van der Waals surface area contributed by atoms with Crippen molar-refractivity contribution in [3.8, 4) is 11.8 Å². The Balaban J connectivity index is 2.13. The monoisotopic (exact) mass is 224 g/mol. The smallest absolute Gasteiger partial charge is 0.144 e. The fourth-order valence-corrected chi connectivity index (χ4v) is 1.54. The Morgan fingerprint density at radius 1 is 1.24 bits per heavy atom. The predicted octanol–water partition coefficient (Wildman–Crippen LogP) is 3.09. The average Bonchev–Trinajstić information content (AvgIpc) is 2.40. The molecule has 17 heavy (non-hydrogen) atoms. The second kappa shape index (κ2) is 5.13. The number of hydrogen-bond acceptors (Lipinski definition) is 3. The fraction of sp³-hybridized carbons (Fsp3) is 0.143. The molecule has 1 heterocycles. The van der Waals surface area contributed by atoms with Crippen LogP contribution < -0.4 is 4.74 Å². The minimum absolute atomic E-state index is 0.0508. The van der Waals surface area contributed by atoms with E-state index in [-0.39, 0.29) is 6.10 Å². The van der Waals surface area contributed by atoms with E-state index in [1.165, 1.54) is 0 Å². The molecule has 0 spiro atoms. The Labute approximate surface area is 100 Å². The average molecular weight is 224 g/mol. The van der Waals surface area contributed by atoms with Gasteiger partial charge in [-0.15, -0.1) is 0 Å². The van der Waals surface area contributed by atoms with E-state index in [0.29, 0.717) is 11.4 Å². The van der Waals surface area contributed by atoms with Gasteiger partial charge in [-0.05, 0) is 18.6 Å². The van der Waals surface area contributed by atoms with E-state index >= 15 is 0 Å². The minimum atomic E-state index is -0.0508. The van der Waals surface area contributed by atoms with Crippen molar-refractivity contribution >= 4 is 0 Å². The van der Waals surface area contributed by atoms with Gasteiger partial charge in [0.05, 0.1) is 0 Å². The Bertz CT molecular complexity index is 531. The van der Waals surface area contributed by atoms with E-state index in [0.717, 1.165) is 5.56 Å². The number of benzene rings is 1. The summed E-state index contributed by atoms with van der Waals surface area (Å²) in [7, 11) is 0. The fourth-order valence-electron chi connectivity index (χ4n) is 1.54. The lowest BCUT2D eigenvalue weighted by Crippen LogP contribution is -2.03. The van der Waals surface area contributed by atoms with Gasteiger partial charge in [-0.1, -0.05) is 30.3 Å². The Hall–Kier alpha value is -2.34. The van der Waals surface area contributed by atoms with Gasteiger partial charge in [0, 0.05) is 12.3 Å². The van der Waals surface area contributed by atoms with Crippen LogP contribution in [0.2, 0.25) is 0 Å². The summed E-state index contributed by atoms with van der Waals surface area (Å²) in [5.74, 6) is 0.660. The maximum atomic E-state index is 8.75. The molecule has 0 saturated carbocycles. The van der Waals surface area contributed by atoms with Gasteiger partial charge in [-0.2, -0.15) is 5.26 Å². The summed E-state index contributed by atoms with van der Waals surface area (Å²) in [6.45, 7) is 1.97. The lowest BCUT2D eigenvalue weighted by Gasteiger charge is -2.14. The van der Waals surface area contributed by atoms with Crippen LogP contribution in [0, 0.1) is 11.3 Å². The quantitative estimate of drug-likeness (QED) is 0.804. The van der Waals surface area contributed by atoms with Gasteiger partial charge in [0.15, 0.2) is 0 Å². The maximum Gasteiger partial charge on any atom is 0.144 e. The van der Waals surface area contributed by atoms with E-state index in [1.54, 1.807) is 18.3 Å². The summed E-state index contributed by atoms with van der Waals surface area (Å²) >= 11 is 0. The standard InChI is InChI=1S/C14H12N2O/c1-11(12-5-3-2-4-6-12)17-14-7-8-16-13(9-14)10-15/h2-9,11H,1H3. The molecule has 0 radical (unpaired) electrons. The predicted molar refractivity (Wildman–Crippen MR) is 64.4 cm³/mol. The number of nitrogens with zero attached hydrogens (tertiary/aromatic N) is 2. The zero-order valence-corrected chi connectivity index (χ0v) is 9.50. The molecular weight excluding hydrogens is 212 g/mol. The third kappa shape index (κ3) is 2.82. The number of ether oxygens (including phenoxy) is 1. The van der Waals surface area contributed by atoms with Crippen molar-refractivity contribution in [2.45, 2.75) is 13.0 Å². The van der Waals surface area contributed by atoms with Gasteiger partial charge in [-0.25, -0.2) is 4.98 Å². The topological polar surface area (TPSA) is 45.9 Å². The maximum absolute atomic E-state index is 8.75. The van der Waals surface area contributed by atoms with Crippen molar-refractivity contribution in [1.82, 2.24) is 4.98 Å². The van der Waals surface area contributed by atoms with Gasteiger partial charge in [0.2, 0.25) is 0 Å². The molecule has 2 aromatic rings. The van der Waals surface area contributed by atoms with Crippen molar-refractivity contribution < 1.29 is 4.74 Å². The summed E-state index contributed by atoms with van der Waals surface area (Å²) in [6.07, 6.45) is 1.52. The highest BCUT2D eigenvalue weighted by atomic mass is 16.5. The van der Waals surface area contributed by atoms with Crippen LogP contribution in [-0.2, 0) is 0 Å². The lowest BCUT2D eigenvalue weighted by atomic mass is 10.1. The van der Waals surface area contributed by atoms with Gasteiger partial charge >= 0.3 is 0 Å². The van der Waals surface area contributed by atoms with E-state index < -0.39 is 0 Å². The molecule has 0 aliphatic carbocycles. The number of rotatable bonds is 3. The third-order valence-corrected chi connectivity index (χ3v) is 2.43. The number of pyridine rings is 1. The molecule has 1 atom stereocenters. The normalized spacial score (nSPS) is 11.5. The van der Waals surface area contributed by atoms with Crippen LogP contribution in [0.15, 0.2) is 48.7 Å². The molecule has 2 rings (SSSR count). The molecule has 3 heteroatoms. The van der Waals surface area contributed by atoms with Gasteiger partial charge in [0.1, 0.15) is 23.6 Å². The van der Waals surface area contributed by atoms with Crippen molar-refractivity contribution in [1.29, 1.82) is 5.26 Å². The molecule has 0 amide bonds. The van der Waals surface area contributed by atoms with E-state index in [2.05, 4.69) is 4.98 Å². The summed E-state index contributed by atoms with van der Waals surface area (Å²) < 4.78 is 5.75. The van der Waals surface area contributed by atoms with Crippen LogP contribution in [0.25, 0.3) is 0 Å². The van der Waals surface area contributed by atoms with Crippen LogP contribution >= 0.6 is 0 Å². The van der Waals surface area contributed by atoms with Crippen LogP contribution in [0.5, 0.6) is 5.75 Å². The number of nitriles is 1. The Kier molecular flexibility index (Phi) is 3.37. The molecule has 0 bridgehead atoms. The molecule has 0 aliphatic rings. The molecule has 0 aliphatic heterocycles. The molecule has 1 aromatic carbocycles. The summed E-state index contributed by atoms with van der Waals surface area (Å²) in [6, 6.07) is 15.3. The van der Waals surface area contributed by atoms with E-state index in [1.807, 2.05) is 43.3 Å². The molecule has 0 fully saturated rings. The first kappa shape index (κ1) is 11.2. The zero-order chi connectivity index (χ0) is 12.1. The largest absolute Gasteiger partial charge is 0.486 e. The SMILES string of the molecule is CC(Oc1ccnc(C#N)c1)c1ccccc1. The number of hydrogen-bond donors (Lipinski definition) is 0. The Morgan fingerprint density at radius 3 is 2.71 bits per heavy atom. The van der Waals surface area contributed by atoms with Crippen molar-refractivity contribution in [3.05, 3.63) is 59.9 Å². The van der Waals surface area contributed by atoms with Crippen molar-refractivity contribution in [3.63, 3.8) is 0 Å². The van der Waals surface area contributed by atoms with Crippen LogP contribution in [0.1, 0.15) is 24.3 Å². The van der Waals surface area contributed by atoms with Crippen LogP contribution in [0.4, 0.5) is 0 Å². The summed E-state index contributed by atoms with van der Waals surface area (Å²) in [5, 5.41) is 8.75. The molecule has 0 N–H and O–H groups in total. The van der Waals surface area contributed by atoms with Gasteiger partial charge in [-0.3, -0.25) is 0 Å². The zero-order valence-electron chi connectivity index (χ0n) is 9.50. The minimum Gasteiger partial charge on any atom is -0.486 e. The highest BCUT2D eigenvalue weighted by Crippen LogP contribution is 2.21. The first-order chi connectivity index (χ1) is 8.29. The second-order valence-corrected chi connectivity index (χ2v) is 3.66. The second-order valence-electron chi connectivity index (χ2n) is 3.66. The van der Waals surface area contributed by atoms with Crippen molar-refractivity contribution in [2.24, 2.45) is 0 Å². The van der Waals surface area contributed by atoms with E-state index in [4.69, 9.17) is 10.00 Å².